The SMILES string of the molecule is CCn1cc(-c2ccc(CC(NC(=O)c3ccc(OC(C)C)c(Cl)c3)C(C)C(N)=O)cc2)nc1C(C)NC(C)=O. The van der Waals surface area contributed by atoms with Crippen molar-refractivity contribution in [2.45, 2.75) is 72.7 Å². The Hall–Kier alpha value is -3.85. The van der Waals surface area contributed by atoms with Crippen LogP contribution in [-0.2, 0) is 22.6 Å². The summed E-state index contributed by atoms with van der Waals surface area (Å²) >= 11 is 6.32. The lowest BCUT2D eigenvalue weighted by Gasteiger charge is -2.23. The molecule has 0 radical (unpaired) electrons. The van der Waals surface area contributed by atoms with Crippen LogP contribution in [0.3, 0.4) is 0 Å². The molecule has 0 spiro atoms. The average molecular weight is 568 g/mol. The minimum Gasteiger partial charge on any atom is -0.489 e. The van der Waals surface area contributed by atoms with Gasteiger partial charge in [-0.25, -0.2) is 4.98 Å². The molecule has 3 aromatic rings. The van der Waals surface area contributed by atoms with E-state index in [1.165, 1.54) is 6.92 Å². The van der Waals surface area contributed by atoms with Crippen molar-refractivity contribution in [1.29, 1.82) is 0 Å². The number of aryl methyl sites for hydroxylation is 1. The minimum atomic E-state index is -0.610. The number of nitrogens with zero attached hydrogens (tertiary/aromatic N) is 2. The van der Waals surface area contributed by atoms with Gasteiger partial charge in [0.15, 0.2) is 0 Å². The highest BCUT2D eigenvalue weighted by Gasteiger charge is 2.25. The second kappa shape index (κ2) is 13.5. The molecule has 0 saturated carbocycles. The molecule has 3 rings (SSSR count). The van der Waals surface area contributed by atoms with Gasteiger partial charge in [0.05, 0.1) is 28.8 Å². The number of carbonyl (C=O) groups excluding carboxylic acids is 3. The van der Waals surface area contributed by atoms with E-state index in [9.17, 15) is 14.4 Å². The summed E-state index contributed by atoms with van der Waals surface area (Å²) in [5.74, 6) is -0.323. The molecular weight excluding hydrogens is 530 g/mol. The van der Waals surface area contributed by atoms with Crippen molar-refractivity contribution in [2.24, 2.45) is 11.7 Å². The average Bonchev–Trinajstić information content (AvgIpc) is 3.33. The molecule has 2 aromatic carbocycles. The number of nitrogens with one attached hydrogen (secondary N) is 2. The van der Waals surface area contributed by atoms with Gasteiger partial charge < -0.3 is 25.7 Å². The van der Waals surface area contributed by atoms with Crippen molar-refractivity contribution in [3.05, 3.63) is 70.6 Å². The number of ether oxygens (including phenoxy) is 1. The van der Waals surface area contributed by atoms with Crippen LogP contribution in [-0.4, -0.2) is 39.4 Å². The predicted molar refractivity (Wildman–Crippen MR) is 156 cm³/mol. The summed E-state index contributed by atoms with van der Waals surface area (Å²) in [5, 5.41) is 6.17. The maximum atomic E-state index is 13.1. The first-order valence-corrected chi connectivity index (χ1v) is 13.8. The molecule has 0 bridgehead atoms. The molecular formula is C30H38ClN5O4. The number of amides is 3. The fraction of sp³-hybridized carbons (Fsp3) is 0.400. The number of aromatic nitrogens is 2. The van der Waals surface area contributed by atoms with Gasteiger partial charge in [-0.05, 0) is 57.9 Å². The van der Waals surface area contributed by atoms with E-state index in [-0.39, 0.29) is 24.0 Å². The third-order valence-corrected chi connectivity index (χ3v) is 6.88. The molecule has 1 heterocycles. The van der Waals surface area contributed by atoms with E-state index in [1.54, 1.807) is 25.1 Å². The summed E-state index contributed by atoms with van der Waals surface area (Å²) in [4.78, 5) is 41.4. The first-order valence-electron chi connectivity index (χ1n) is 13.4. The molecule has 3 atom stereocenters. The maximum absolute atomic E-state index is 13.1. The highest BCUT2D eigenvalue weighted by molar-refractivity contribution is 6.32. The lowest BCUT2D eigenvalue weighted by atomic mass is 9.93. The van der Waals surface area contributed by atoms with Crippen LogP contribution in [0.15, 0.2) is 48.7 Å². The highest BCUT2D eigenvalue weighted by atomic mass is 35.5. The molecule has 9 nitrogen and oxygen atoms in total. The third kappa shape index (κ3) is 7.85. The fourth-order valence-corrected chi connectivity index (χ4v) is 4.62. The Morgan fingerprint density at radius 2 is 1.73 bits per heavy atom. The van der Waals surface area contributed by atoms with E-state index in [4.69, 9.17) is 27.1 Å². The van der Waals surface area contributed by atoms with Crippen LogP contribution in [0.4, 0.5) is 0 Å². The number of carbonyl (C=O) groups is 3. The van der Waals surface area contributed by atoms with Crippen LogP contribution in [0.1, 0.15) is 69.3 Å². The van der Waals surface area contributed by atoms with Gasteiger partial charge in [-0.3, -0.25) is 14.4 Å². The van der Waals surface area contributed by atoms with Gasteiger partial charge in [0, 0.05) is 36.8 Å². The van der Waals surface area contributed by atoms with Crippen LogP contribution < -0.4 is 21.1 Å². The Morgan fingerprint density at radius 1 is 1.05 bits per heavy atom. The lowest BCUT2D eigenvalue weighted by molar-refractivity contribution is -0.122. The van der Waals surface area contributed by atoms with E-state index >= 15 is 0 Å². The largest absolute Gasteiger partial charge is 0.489 e. The molecule has 0 saturated heterocycles. The van der Waals surface area contributed by atoms with Gasteiger partial charge in [-0.1, -0.05) is 42.8 Å². The van der Waals surface area contributed by atoms with Crippen LogP contribution in [0.25, 0.3) is 11.3 Å². The standard InChI is InChI=1S/C30H38ClN5O4/c1-7-36-16-26(34-29(36)19(5)33-20(6)37)22-10-8-21(9-11-22)14-25(18(4)28(32)38)35-30(39)23-12-13-27(24(31)15-23)40-17(2)3/h8-13,15-19,25H,7,14H2,1-6H3,(H2,32,38)(H,33,37)(H,35,39). The van der Waals surface area contributed by atoms with Gasteiger partial charge in [-0.2, -0.15) is 0 Å². The topological polar surface area (TPSA) is 128 Å². The van der Waals surface area contributed by atoms with Crippen molar-refractivity contribution in [1.82, 2.24) is 20.2 Å². The normalized spacial score (nSPS) is 13.4. The van der Waals surface area contributed by atoms with Crippen molar-refractivity contribution in [2.75, 3.05) is 0 Å². The number of imidazole rings is 1. The molecule has 214 valence electrons. The van der Waals surface area contributed by atoms with Crippen LogP contribution >= 0.6 is 11.6 Å². The molecule has 0 aliphatic heterocycles. The Balaban J connectivity index is 1.78. The van der Waals surface area contributed by atoms with Gasteiger partial charge >= 0.3 is 0 Å². The van der Waals surface area contributed by atoms with Crippen molar-refractivity contribution in [3.63, 3.8) is 0 Å². The molecule has 1 aromatic heterocycles. The Kier molecular flexibility index (Phi) is 10.3. The van der Waals surface area contributed by atoms with Gasteiger partial charge in [0.25, 0.3) is 5.91 Å². The summed E-state index contributed by atoms with van der Waals surface area (Å²) < 4.78 is 7.66. The summed E-state index contributed by atoms with van der Waals surface area (Å²) in [6.45, 7) is 11.6. The van der Waals surface area contributed by atoms with Crippen LogP contribution in [0.2, 0.25) is 5.02 Å². The van der Waals surface area contributed by atoms with Crippen molar-refractivity contribution < 1.29 is 19.1 Å². The molecule has 10 heteroatoms. The Morgan fingerprint density at radius 3 is 2.27 bits per heavy atom. The number of hydrogen-bond acceptors (Lipinski definition) is 5. The van der Waals surface area contributed by atoms with Crippen LogP contribution in [0, 0.1) is 5.92 Å². The van der Waals surface area contributed by atoms with Gasteiger partial charge in [-0.15, -0.1) is 0 Å². The van der Waals surface area contributed by atoms with E-state index in [1.807, 2.05) is 62.7 Å². The number of benzene rings is 2. The fourth-order valence-electron chi connectivity index (χ4n) is 4.40. The van der Waals surface area contributed by atoms with Crippen molar-refractivity contribution in [3.8, 4) is 17.0 Å². The third-order valence-electron chi connectivity index (χ3n) is 6.59. The molecule has 3 unspecified atom stereocenters. The van der Waals surface area contributed by atoms with E-state index < -0.39 is 17.9 Å². The number of halogens is 1. The maximum Gasteiger partial charge on any atom is 0.251 e. The Labute approximate surface area is 240 Å². The minimum absolute atomic E-state index is 0.0546. The monoisotopic (exact) mass is 567 g/mol. The van der Waals surface area contributed by atoms with Crippen LogP contribution in [0.5, 0.6) is 5.75 Å². The number of hydrogen-bond donors (Lipinski definition) is 3. The predicted octanol–water partition coefficient (Wildman–Crippen LogP) is 4.67. The molecule has 0 fully saturated rings. The number of rotatable bonds is 12. The zero-order chi connectivity index (χ0) is 29.6. The Bertz CT molecular complexity index is 1350. The second-order valence-electron chi connectivity index (χ2n) is 10.2. The number of nitrogens with two attached hydrogens (primary N) is 1. The highest BCUT2D eigenvalue weighted by Crippen LogP contribution is 2.27. The first-order chi connectivity index (χ1) is 18.9. The quantitative estimate of drug-likeness (QED) is 0.293. The molecule has 40 heavy (non-hydrogen) atoms. The smallest absolute Gasteiger partial charge is 0.251 e. The zero-order valence-electron chi connectivity index (χ0n) is 23.8. The second-order valence-corrected chi connectivity index (χ2v) is 10.6. The van der Waals surface area contributed by atoms with Gasteiger partial charge in [0.1, 0.15) is 11.6 Å². The molecule has 0 aliphatic rings. The van der Waals surface area contributed by atoms with E-state index in [2.05, 4.69) is 10.6 Å². The lowest BCUT2D eigenvalue weighted by Crippen LogP contribution is -2.45. The van der Waals surface area contributed by atoms with Gasteiger partial charge in [0.2, 0.25) is 11.8 Å². The first kappa shape index (κ1) is 30.7. The zero-order valence-corrected chi connectivity index (χ0v) is 24.6. The van der Waals surface area contributed by atoms with E-state index in [0.29, 0.717) is 22.8 Å². The number of primary amides is 1. The summed E-state index contributed by atoms with van der Waals surface area (Å²) in [6.07, 6.45) is 2.30. The molecule has 0 aliphatic carbocycles. The summed E-state index contributed by atoms with van der Waals surface area (Å²) in [6, 6.07) is 11.9. The summed E-state index contributed by atoms with van der Waals surface area (Å²) in [5.41, 5.74) is 8.59. The van der Waals surface area contributed by atoms with Crippen molar-refractivity contribution >= 4 is 29.3 Å². The summed E-state index contributed by atoms with van der Waals surface area (Å²) in [7, 11) is 0. The molecule has 3 amide bonds. The van der Waals surface area contributed by atoms with E-state index in [0.717, 1.165) is 29.2 Å². The molecule has 4 N–H and O–H groups in total.